The minimum atomic E-state index is -0.194. The highest BCUT2D eigenvalue weighted by atomic mass is 35.5. The predicted octanol–water partition coefficient (Wildman–Crippen LogP) is 5.00. The van der Waals surface area contributed by atoms with Crippen molar-refractivity contribution in [2.24, 2.45) is 4.99 Å². The third-order valence-electron chi connectivity index (χ3n) is 4.07. The number of rotatable bonds is 4. The highest BCUT2D eigenvalue weighted by molar-refractivity contribution is 8.18. The summed E-state index contributed by atoms with van der Waals surface area (Å²) in [6.07, 6.45) is 5.11. The van der Waals surface area contributed by atoms with Crippen molar-refractivity contribution >= 4 is 62.9 Å². The van der Waals surface area contributed by atoms with Gasteiger partial charge in [0.15, 0.2) is 5.17 Å². The lowest BCUT2D eigenvalue weighted by molar-refractivity contribution is -0.115. The molecule has 29 heavy (non-hydrogen) atoms. The van der Waals surface area contributed by atoms with E-state index in [1.165, 1.54) is 11.8 Å². The lowest BCUT2D eigenvalue weighted by Gasteiger charge is -2.11. The van der Waals surface area contributed by atoms with Crippen LogP contribution in [-0.2, 0) is 4.79 Å². The Hall–Kier alpha value is -2.90. The Balaban J connectivity index is 1.59. The number of fused-ring (bicyclic) bond motifs is 1. The second-order valence-corrected chi connectivity index (χ2v) is 8.19. The molecule has 6 nitrogen and oxygen atoms in total. The number of benzene rings is 2. The van der Waals surface area contributed by atoms with E-state index in [1.807, 2.05) is 36.4 Å². The maximum atomic E-state index is 12.4. The minimum absolute atomic E-state index is 0.194. The third kappa shape index (κ3) is 4.58. The zero-order chi connectivity index (χ0) is 20.4. The van der Waals surface area contributed by atoms with Crippen LogP contribution in [0.3, 0.4) is 0 Å². The molecule has 1 amide bonds. The molecular weight excluding hydrogens is 406 g/mol. The molecule has 1 fully saturated rings. The summed E-state index contributed by atoms with van der Waals surface area (Å²) < 4.78 is 0. The number of amidine groups is 1. The van der Waals surface area contributed by atoms with Crippen LogP contribution in [0.4, 0.5) is 11.4 Å². The number of aromatic nitrogens is 2. The molecule has 0 aliphatic carbocycles. The minimum Gasteiger partial charge on any atom is -0.383 e. The Morgan fingerprint density at radius 3 is 2.72 bits per heavy atom. The number of nitrogens with one attached hydrogen (secondary N) is 2. The van der Waals surface area contributed by atoms with Crippen LogP contribution in [0.15, 0.2) is 58.7 Å². The molecule has 4 rings (SSSR count). The van der Waals surface area contributed by atoms with Crippen LogP contribution in [0.1, 0.15) is 19.4 Å². The van der Waals surface area contributed by atoms with E-state index in [0.717, 1.165) is 22.3 Å². The Kier molecular flexibility index (Phi) is 5.51. The van der Waals surface area contributed by atoms with Crippen LogP contribution >= 0.6 is 23.4 Å². The van der Waals surface area contributed by atoms with E-state index in [4.69, 9.17) is 11.6 Å². The quantitative estimate of drug-likeness (QED) is 0.577. The molecule has 0 saturated carbocycles. The third-order valence-corrected chi connectivity index (χ3v) is 5.29. The molecule has 1 saturated heterocycles. The number of nitrogens with zero attached hydrogens (tertiary/aromatic N) is 3. The summed E-state index contributed by atoms with van der Waals surface area (Å²) in [7, 11) is 0. The van der Waals surface area contributed by atoms with Gasteiger partial charge in [0.25, 0.3) is 5.91 Å². The van der Waals surface area contributed by atoms with Gasteiger partial charge >= 0.3 is 0 Å². The van der Waals surface area contributed by atoms with Crippen LogP contribution in [0.25, 0.3) is 17.1 Å². The topological polar surface area (TPSA) is 79.3 Å². The van der Waals surface area contributed by atoms with Crippen molar-refractivity contribution in [3.05, 3.63) is 64.3 Å². The lowest BCUT2D eigenvalue weighted by atomic mass is 10.2. The summed E-state index contributed by atoms with van der Waals surface area (Å²) in [6.45, 7) is 4.12. The number of aliphatic imine (C=N–C) groups is 1. The molecule has 2 N–H and O–H groups in total. The van der Waals surface area contributed by atoms with Gasteiger partial charge in [-0.25, -0.2) is 4.99 Å². The number of carbonyl (C=O) groups excluding carboxylic acids is 1. The number of hydrogen-bond donors (Lipinski definition) is 2. The van der Waals surface area contributed by atoms with Crippen molar-refractivity contribution < 1.29 is 4.79 Å². The van der Waals surface area contributed by atoms with Crippen LogP contribution in [0.2, 0.25) is 5.02 Å². The Labute approximate surface area is 177 Å². The average molecular weight is 424 g/mol. The maximum absolute atomic E-state index is 12.4. The zero-order valence-corrected chi connectivity index (χ0v) is 17.4. The van der Waals surface area contributed by atoms with Gasteiger partial charge in [-0.2, -0.15) is 0 Å². The number of hydrogen-bond acceptors (Lipinski definition) is 6. The molecule has 1 aliphatic heterocycles. The predicted molar refractivity (Wildman–Crippen MR) is 121 cm³/mol. The lowest BCUT2D eigenvalue weighted by Crippen LogP contribution is -2.19. The number of carbonyl (C=O) groups is 1. The molecule has 2 aromatic carbocycles. The Morgan fingerprint density at radius 2 is 1.93 bits per heavy atom. The molecule has 0 unspecified atom stereocenters. The van der Waals surface area contributed by atoms with Gasteiger partial charge in [-0.15, -0.1) is 0 Å². The molecule has 1 aliphatic rings. The van der Waals surface area contributed by atoms with E-state index in [2.05, 4.69) is 39.4 Å². The summed E-state index contributed by atoms with van der Waals surface area (Å²) in [5.41, 5.74) is 3.98. The van der Waals surface area contributed by atoms with E-state index in [-0.39, 0.29) is 5.91 Å². The fourth-order valence-electron chi connectivity index (χ4n) is 2.83. The Bertz CT molecular complexity index is 1160. The van der Waals surface area contributed by atoms with E-state index >= 15 is 0 Å². The first-order valence-corrected chi connectivity index (χ1v) is 10.2. The highest BCUT2D eigenvalue weighted by Gasteiger charge is 2.24. The van der Waals surface area contributed by atoms with Gasteiger partial charge < -0.3 is 10.6 Å². The van der Waals surface area contributed by atoms with Gasteiger partial charge in [-0.1, -0.05) is 17.7 Å². The summed E-state index contributed by atoms with van der Waals surface area (Å²) in [5, 5.41) is 7.13. The highest BCUT2D eigenvalue weighted by Crippen LogP contribution is 2.33. The van der Waals surface area contributed by atoms with Crippen LogP contribution in [0.5, 0.6) is 0 Å². The van der Waals surface area contributed by atoms with Crippen molar-refractivity contribution in [2.75, 3.05) is 5.32 Å². The molecular formula is C21H18ClN5OS. The number of amides is 1. The van der Waals surface area contributed by atoms with Gasteiger partial charge in [0.2, 0.25) is 0 Å². The fraction of sp³-hybridized carbons (Fsp3) is 0.143. The number of halogens is 1. The Morgan fingerprint density at radius 1 is 1.14 bits per heavy atom. The van der Waals surface area contributed by atoms with E-state index < -0.39 is 0 Å². The molecule has 0 radical (unpaired) electrons. The first-order valence-electron chi connectivity index (χ1n) is 9.04. The largest absolute Gasteiger partial charge is 0.383 e. The average Bonchev–Trinajstić information content (AvgIpc) is 3.03. The molecule has 0 atom stereocenters. The second kappa shape index (κ2) is 8.23. The summed E-state index contributed by atoms with van der Waals surface area (Å²) >= 11 is 7.56. The van der Waals surface area contributed by atoms with Crippen molar-refractivity contribution in [2.45, 2.75) is 19.9 Å². The van der Waals surface area contributed by atoms with Gasteiger partial charge in [0.05, 0.1) is 26.6 Å². The second-order valence-electron chi connectivity index (χ2n) is 6.75. The van der Waals surface area contributed by atoms with Gasteiger partial charge in [0, 0.05) is 24.1 Å². The number of thioether (sulfide) groups is 1. The molecule has 0 spiro atoms. The SMILES string of the molecule is CC(C)Nc1ccc(Cl)c(N=C2NC(=O)/C(=C\c3ccc4nccnc4c3)S2)c1. The molecule has 1 aromatic heterocycles. The fourth-order valence-corrected chi connectivity index (χ4v) is 3.83. The zero-order valence-electron chi connectivity index (χ0n) is 15.8. The molecule has 3 aromatic rings. The molecule has 146 valence electrons. The van der Waals surface area contributed by atoms with Crippen LogP contribution < -0.4 is 10.6 Å². The van der Waals surface area contributed by atoms with E-state index in [0.29, 0.717) is 26.8 Å². The van der Waals surface area contributed by atoms with Gasteiger partial charge in [-0.3, -0.25) is 14.8 Å². The van der Waals surface area contributed by atoms with Crippen molar-refractivity contribution in [1.82, 2.24) is 15.3 Å². The summed E-state index contributed by atoms with van der Waals surface area (Å²) in [5.74, 6) is -0.194. The standard InChI is InChI=1S/C21H18ClN5OS/c1-12(2)25-14-4-5-15(22)17(11-14)26-21-27-20(28)19(29-21)10-13-3-6-16-18(9-13)24-8-7-23-16/h3-12,25H,1-2H3,(H,26,27,28)/b19-10+. The maximum Gasteiger partial charge on any atom is 0.264 e. The van der Waals surface area contributed by atoms with E-state index in [1.54, 1.807) is 18.5 Å². The first kappa shape index (κ1) is 19.4. The molecule has 2 heterocycles. The first-order chi connectivity index (χ1) is 14.0. The van der Waals surface area contributed by atoms with Gasteiger partial charge in [-0.05, 0) is 67.6 Å². The van der Waals surface area contributed by atoms with Crippen LogP contribution in [0, 0.1) is 0 Å². The summed E-state index contributed by atoms with van der Waals surface area (Å²) in [6, 6.07) is 11.5. The van der Waals surface area contributed by atoms with Gasteiger partial charge in [0.1, 0.15) is 0 Å². The number of anilines is 1. The molecule has 0 bridgehead atoms. The smallest absolute Gasteiger partial charge is 0.264 e. The molecule has 8 heteroatoms. The van der Waals surface area contributed by atoms with E-state index in [9.17, 15) is 4.79 Å². The monoisotopic (exact) mass is 423 g/mol. The van der Waals surface area contributed by atoms with Crippen molar-refractivity contribution in [1.29, 1.82) is 0 Å². The van der Waals surface area contributed by atoms with Crippen molar-refractivity contribution in [3.63, 3.8) is 0 Å². The normalized spacial score (nSPS) is 16.8. The van der Waals surface area contributed by atoms with Crippen LogP contribution in [-0.4, -0.2) is 27.1 Å². The summed E-state index contributed by atoms with van der Waals surface area (Å²) in [4.78, 5) is 26.0. The van der Waals surface area contributed by atoms with Crippen molar-refractivity contribution in [3.8, 4) is 0 Å².